The molecule has 0 spiro atoms. The van der Waals surface area contributed by atoms with Gasteiger partial charge in [-0.1, -0.05) is 0 Å². The number of nitrogens with zero attached hydrogens (tertiary/aromatic N) is 1. The Morgan fingerprint density at radius 2 is 2.22 bits per heavy atom. The van der Waals surface area contributed by atoms with Crippen LogP contribution in [0.15, 0.2) is 17.0 Å². The van der Waals surface area contributed by atoms with E-state index in [1.807, 2.05) is 22.6 Å². The van der Waals surface area contributed by atoms with E-state index < -0.39 is 5.95 Å². The van der Waals surface area contributed by atoms with Gasteiger partial charge in [-0.2, -0.15) is 4.39 Å². The highest BCUT2D eigenvalue weighted by Crippen LogP contribution is 2.10. The molecule has 9 heavy (non-hydrogen) atoms. The van der Waals surface area contributed by atoms with Crippen LogP contribution in [0.4, 0.5) is 4.39 Å². The van der Waals surface area contributed by atoms with Crippen LogP contribution in [0.25, 0.3) is 0 Å². The van der Waals surface area contributed by atoms with Gasteiger partial charge >= 0.3 is 0 Å². The molecule has 0 aliphatic carbocycles. The van der Waals surface area contributed by atoms with Crippen molar-refractivity contribution in [2.45, 2.75) is 4.90 Å². The summed E-state index contributed by atoms with van der Waals surface area (Å²) >= 11 is 5.74. The summed E-state index contributed by atoms with van der Waals surface area (Å²) in [6.07, 6.45) is 0. The molecule has 0 bridgehead atoms. The summed E-state index contributed by atoms with van der Waals surface area (Å²) < 4.78 is 13.0. The fraction of sp³-hybridized carbons (Fsp3) is 0. The number of hydrogen-bond acceptors (Lipinski definition) is 2. The van der Waals surface area contributed by atoms with E-state index in [2.05, 4.69) is 17.6 Å². The molecular weight excluding hydrogens is 252 g/mol. The van der Waals surface area contributed by atoms with Crippen molar-refractivity contribution >= 4 is 35.2 Å². The van der Waals surface area contributed by atoms with E-state index in [1.54, 1.807) is 12.1 Å². The third-order valence-electron chi connectivity index (χ3n) is 0.795. The van der Waals surface area contributed by atoms with Gasteiger partial charge in [-0.25, -0.2) is 4.98 Å². The van der Waals surface area contributed by atoms with Crippen molar-refractivity contribution in [2.24, 2.45) is 0 Å². The number of pyridine rings is 1. The Hall–Kier alpha value is 0.160. The highest BCUT2D eigenvalue weighted by atomic mass is 127. The van der Waals surface area contributed by atoms with Crippen LogP contribution in [0.3, 0.4) is 0 Å². The molecule has 1 nitrogen and oxygen atoms in total. The minimum Gasteiger partial charge on any atom is -0.213 e. The molecule has 1 aromatic heterocycles. The van der Waals surface area contributed by atoms with Gasteiger partial charge < -0.3 is 0 Å². The van der Waals surface area contributed by atoms with Crippen LogP contribution in [0.5, 0.6) is 0 Å². The van der Waals surface area contributed by atoms with Gasteiger partial charge in [0, 0.05) is 0 Å². The molecule has 0 saturated carbocycles. The highest BCUT2D eigenvalue weighted by molar-refractivity contribution is 14.1. The van der Waals surface area contributed by atoms with Gasteiger partial charge in [-0.05, 0) is 34.7 Å². The average Bonchev–Trinajstić information content (AvgIpc) is 1.80. The summed E-state index contributed by atoms with van der Waals surface area (Å²) in [5.74, 6) is -0.509. The molecule has 1 aromatic rings. The summed E-state index contributed by atoms with van der Waals surface area (Å²) in [6.45, 7) is 0. The van der Waals surface area contributed by atoms with Crippen LogP contribution in [-0.4, -0.2) is 4.98 Å². The fourth-order valence-electron chi connectivity index (χ4n) is 0.405. The van der Waals surface area contributed by atoms with Crippen LogP contribution in [0, 0.1) is 9.65 Å². The van der Waals surface area contributed by atoms with Gasteiger partial charge in [0.2, 0.25) is 5.95 Å². The normalized spacial score (nSPS) is 9.67. The van der Waals surface area contributed by atoms with Crippen molar-refractivity contribution in [3.05, 3.63) is 21.8 Å². The van der Waals surface area contributed by atoms with Gasteiger partial charge in [-0.3, -0.25) is 0 Å². The van der Waals surface area contributed by atoms with E-state index in [9.17, 15) is 4.39 Å². The van der Waals surface area contributed by atoms with Crippen LogP contribution < -0.4 is 0 Å². The van der Waals surface area contributed by atoms with Crippen molar-refractivity contribution in [3.63, 3.8) is 0 Å². The third kappa shape index (κ3) is 1.79. The summed E-state index contributed by atoms with van der Waals surface area (Å²) in [4.78, 5) is 3.80. The predicted molar refractivity (Wildman–Crippen MR) is 44.2 cm³/mol. The molecule has 0 radical (unpaired) electrons. The van der Waals surface area contributed by atoms with Gasteiger partial charge in [0.15, 0.2) is 0 Å². The van der Waals surface area contributed by atoms with E-state index in [1.165, 1.54) is 0 Å². The number of halogens is 2. The third-order valence-corrected chi connectivity index (χ3v) is 1.73. The zero-order chi connectivity index (χ0) is 6.85. The van der Waals surface area contributed by atoms with Gasteiger partial charge in [0.05, 0.1) is 4.90 Å². The molecule has 0 fully saturated rings. The maximum Gasteiger partial charge on any atom is 0.227 e. The lowest BCUT2D eigenvalue weighted by Crippen LogP contribution is -1.86. The second kappa shape index (κ2) is 2.83. The standard InChI is InChI=1S/C5H3FINS/c6-5-3(9)1-2-4(7)8-5/h1-2,9H. The molecule has 0 atom stereocenters. The Labute approximate surface area is 71.2 Å². The average molecular weight is 255 g/mol. The van der Waals surface area contributed by atoms with Gasteiger partial charge in [-0.15, -0.1) is 12.6 Å². The maximum atomic E-state index is 12.4. The quantitative estimate of drug-likeness (QED) is 0.425. The van der Waals surface area contributed by atoms with Crippen molar-refractivity contribution in [1.29, 1.82) is 0 Å². The Morgan fingerprint density at radius 1 is 1.56 bits per heavy atom. The Bertz CT molecular complexity index is 228. The molecule has 0 aromatic carbocycles. The summed E-state index contributed by atoms with van der Waals surface area (Å²) in [5, 5.41) is 0. The minimum absolute atomic E-state index is 0.287. The minimum atomic E-state index is -0.509. The zero-order valence-corrected chi connectivity index (χ0v) is 7.36. The van der Waals surface area contributed by atoms with E-state index in [0.29, 0.717) is 3.70 Å². The second-order valence-corrected chi connectivity index (χ2v) is 3.03. The number of rotatable bonds is 0. The first kappa shape index (κ1) is 7.27. The van der Waals surface area contributed by atoms with Gasteiger partial charge in [0.1, 0.15) is 3.70 Å². The fourth-order valence-corrected chi connectivity index (χ4v) is 0.921. The molecule has 1 rings (SSSR count). The topological polar surface area (TPSA) is 12.9 Å². The van der Waals surface area contributed by atoms with E-state index in [4.69, 9.17) is 0 Å². The molecule has 0 saturated heterocycles. The Morgan fingerprint density at radius 3 is 2.67 bits per heavy atom. The first-order valence-corrected chi connectivity index (χ1v) is 3.74. The summed E-state index contributed by atoms with van der Waals surface area (Å²) in [5.41, 5.74) is 0. The van der Waals surface area contributed by atoms with Crippen molar-refractivity contribution in [1.82, 2.24) is 4.98 Å². The first-order chi connectivity index (χ1) is 4.20. The number of hydrogen-bond donors (Lipinski definition) is 1. The van der Waals surface area contributed by atoms with Crippen molar-refractivity contribution < 1.29 is 4.39 Å². The Kier molecular flexibility index (Phi) is 2.29. The lowest BCUT2D eigenvalue weighted by molar-refractivity contribution is 0.554. The smallest absolute Gasteiger partial charge is 0.213 e. The summed E-state index contributed by atoms with van der Waals surface area (Å²) in [6, 6.07) is 3.28. The monoisotopic (exact) mass is 255 g/mol. The van der Waals surface area contributed by atoms with Crippen LogP contribution in [-0.2, 0) is 0 Å². The van der Waals surface area contributed by atoms with Crippen LogP contribution in [0.2, 0.25) is 0 Å². The highest BCUT2D eigenvalue weighted by Gasteiger charge is 1.97. The largest absolute Gasteiger partial charge is 0.227 e. The van der Waals surface area contributed by atoms with E-state index in [0.717, 1.165) is 0 Å². The summed E-state index contributed by atoms with van der Waals surface area (Å²) in [7, 11) is 0. The lowest BCUT2D eigenvalue weighted by atomic mass is 10.5. The molecule has 0 aliphatic heterocycles. The molecule has 0 amide bonds. The molecular formula is C5H3FINS. The van der Waals surface area contributed by atoms with Gasteiger partial charge in [0.25, 0.3) is 0 Å². The second-order valence-electron chi connectivity index (χ2n) is 1.44. The maximum absolute atomic E-state index is 12.4. The van der Waals surface area contributed by atoms with Crippen molar-refractivity contribution in [3.8, 4) is 0 Å². The number of thiol groups is 1. The molecule has 0 N–H and O–H groups in total. The molecule has 0 aliphatic rings. The molecule has 4 heteroatoms. The molecule has 1 heterocycles. The lowest BCUT2D eigenvalue weighted by Gasteiger charge is -1.91. The van der Waals surface area contributed by atoms with E-state index >= 15 is 0 Å². The van der Waals surface area contributed by atoms with E-state index in [-0.39, 0.29) is 4.90 Å². The Balaban J connectivity index is 3.17. The van der Waals surface area contributed by atoms with Crippen molar-refractivity contribution in [2.75, 3.05) is 0 Å². The van der Waals surface area contributed by atoms with Crippen LogP contribution >= 0.6 is 35.2 Å². The molecule has 48 valence electrons. The zero-order valence-electron chi connectivity index (χ0n) is 4.31. The predicted octanol–water partition coefficient (Wildman–Crippen LogP) is 2.11. The number of aromatic nitrogens is 1. The van der Waals surface area contributed by atoms with Crippen LogP contribution in [0.1, 0.15) is 0 Å². The molecule has 0 unspecified atom stereocenters. The first-order valence-electron chi connectivity index (χ1n) is 2.21. The SMILES string of the molecule is Fc1nc(I)ccc1S.